The van der Waals surface area contributed by atoms with Gasteiger partial charge in [-0.05, 0) is 31.9 Å². The van der Waals surface area contributed by atoms with E-state index in [1.165, 1.54) is 6.07 Å². The van der Waals surface area contributed by atoms with Gasteiger partial charge in [-0.15, -0.1) is 0 Å². The zero-order chi connectivity index (χ0) is 16.9. The number of para-hydroxylation sites is 1. The number of benzene rings is 1. The van der Waals surface area contributed by atoms with Crippen LogP contribution in [0.4, 0.5) is 5.69 Å². The summed E-state index contributed by atoms with van der Waals surface area (Å²) < 4.78 is 5.19. The van der Waals surface area contributed by atoms with Gasteiger partial charge in [-0.25, -0.2) is 0 Å². The number of nitrogens with zero attached hydrogens (tertiary/aromatic N) is 2. The molecular weight excluding hydrogens is 296 g/mol. The zero-order valence-electron chi connectivity index (χ0n) is 13.1. The van der Waals surface area contributed by atoms with Gasteiger partial charge < -0.3 is 4.74 Å². The third-order valence-corrected chi connectivity index (χ3v) is 3.70. The Bertz CT molecular complexity index is 703. The van der Waals surface area contributed by atoms with Crippen molar-refractivity contribution in [3.63, 3.8) is 0 Å². The van der Waals surface area contributed by atoms with Crippen LogP contribution in [0.2, 0.25) is 0 Å². The van der Waals surface area contributed by atoms with E-state index in [0.717, 1.165) is 5.56 Å². The Kier molecular flexibility index (Phi) is 5.05. The first-order chi connectivity index (χ1) is 11.0. The van der Waals surface area contributed by atoms with Crippen molar-refractivity contribution >= 4 is 11.7 Å². The molecule has 6 heteroatoms. The molecule has 1 aromatic heterocycles. The number of esters is 1. The van der Waals surface area contributed by atoms with E-state index in [2.05, 4.69) is 4.98 Å². The van der Waals surface area contributed by atoms with Gasteiger partial charge in [0.2, 0.25) is 0 Å². The molecule has 0 aliphatic rings. The standard InChI is InChI=1S/C17H18N2O4/c1-3-23-16(20)17(2,11-13-7-6-10-18-12-13)14-8-4-5-9-15(14)19(21)22/h4-10,12H,3,11H2,1-2H3. The van der Waals surface area contributed by atoms with Gasteiger partial charge in [0.15, 0.2) is 0 Å². The summed E-state index contributed by atoms with van der Waals surface area (Å²) in [4.78, 5) is 27.5. The van der Waals surface area contributed by atoms with E-state index in [1.807, 2.05) is 6.07 Å². The van der Waals surface area contributed by atoms with E-state index in [0.29, 0.717) is 5.56 Å². The first kappa shape index (κ1) is 16.6. The predicted octanol–water partition coefficient (Wildman–Crippen LogP) is 3.05. The van der Waals surface area contributed by atoms with E-state index >= 15 is 0 Å². The largest absolute Gasteiger partial charge is 0.465 e. The lowest BCUT2D eigenvalue weighted by molar-refractivity contribution is -0.386. The second-order valence-electron chi connectivity index (χ2n) is 5.36. The Labute approximate surface area is 134 Å². The highest BCUT2D eigenvalue weighted by atomic mass is 16.6. The summed E-state index contributed by atoms with van der Waals surface area (Å²) >= 11 is 0. The summed E-state index contributed by atoms with van der Waals surface area (Å²) in [5.41, 5.74) is -0.108. The maximum absolute atomic E-state index is 12.6. The van der Waals surface area contributed by atoms with Gasteiger partial charge in [-0.2, -0.15) is 0 Å². The average Bonchev–Trinajstić information content (AvgIpc) is 2.56. The van der Waals surface area contributed by atoms with Crippen LogP contribution in [0.5, 0.6) is 0 Å². The molecule has 2 aromatic rings. The number of carbonyl (C=O) groups is 1. The topological polar surface area (TPSA) is 82.3 Å². The molecule has 0 N–H and O–H groups in total. The molecule has 0 saturated carbocycles. The SMILES string of the molecule is CCOC(=O)C(C)(Cc1cccnc1)c1ccccc1[N+](=O)[O-]. The van der Waals surface area contributed by atoms with E-state index < -0.39 is 16.3 Å². The third kappa shape index (κ3) is 3.53. The molecule has 1 heterocycles. The van der Waals surface area contributed by atoms with Crippen LogP contribution in [0, 0.1) is 10.1 Å². The Morgan fingerprint density at radius 1 is 1.30 bits per heavy atom. The van der Waals surface area contributed by atoms with Crippen LogP contribution >= 0.6 is 0 Å². The van der Waals surface area contributed by atoms with E-state index in [-0.39, 0.29) is 18.7 Å². The Morgan fingerprint density at radius 2 is 2.04 bits per heavy atom. The fraction of sp³-hybridized carbons (Fsp3) is 0.294. The molecule has 6 nitrogen and oxygen atoms in total. The van der Waals surface area contributed by atoms with Crippen LogP contribution in [0.3, 0.4) is 0 Å². The van der Waals surface area contributed by atoms with Gasteiger partial charge in [-0.1, -0.05) is 24.3 Å². The number of ether oxygens (including phenoxy) is 1. The van der Waals surface area contributed by atoms with Crippen molar-refractivity contribution in [2.45, 2.75) is 25.7 Å². The van der Waals surface area contributed by atoms with Gasteiger partial charge in [0.05, 0.1) is 11.5 Å². The van der Waals surface area contributed by atoms with Gasteiger partial charge in [-0.3, -0.25) is 19.9 Å². The van der Waals surface area contributed by atoms with Crippen LogP contribution in [0.25, 0.3) is 0 Å². The highest BCUT2D eigenvalue weighted by Crippen LogP contribution is 2.35. The molecule has 1 unspecified atom stereocenters. The smallest absolute Gasteiger partial charge is 0.316 e. The number of hydrogen-bond donors (Lipinski definition) is 0. The number of aromatic nitrogens is 1. The lowest BCUT2D eigenvalue weighted by atomic mass is 9.76. The first-order valence-corrected chi connectivity index (χ1v) is 7.29. The molecule has 0 aliphatic heterocycles. The maximum Gasteiger partial charge on any atom is 0.316 e. The molecule has 0 radical (unpaired) electrons. The molecule has 0 spiro atoms. The summed E-state index contributed by atoms with van der Waals surface area (Å²) in [6.07, 6.45) is 3.55. The van der Waals surface area contributed by atoms with Gasteiger partial charge >= 0.3 is 5.97 Å². The minimum atomic E-state index is -1.16. The minimum absolute atomic E-state index is 0.0908. The van der Waals surface area contributed by atoms with Crippen LogP contribution < -0.4 is 0 Å². The lowest BCUT2D eigenvalue weighted by Gasteiger charge is -2.27. The Hall–Kier alpha value is -2.76. The summed E-state index contributed by atoms with van der Waals surface area (Å²) in [7, 11) is 0. The molecule has 0 fully saturated rings. The molecule has 0 amide bonds. The molecule has 0 saturated heterocycles. The highest BCUT2D eigenvalue weighted by molar-refractivity contribution is 5.84. The van der Waals surface area contributed by atoms with Crippen LogP contribution in [0.1, 0.15) is 25.0 Å². The number of rotatable bonds is 6. The van der Waals surface area contributed by atoms with Gasteiger partial charge in [0, 0.05) is 24.0 Å². The fourth-order valence-electron chi connectivity index (χ4n) is 2.58. The van der Waals surface area contributed by atoms with Crippen molar-refractivity contribution < 1.29 is 14.5 Å². The molecule has 0 aliphatic carbocycles. The van der Waals surface area contributed by atoms with Crippen molar-refractivity contribution in [3.8, 4) is 0 Å². The molecule has 0 bridgehead atoms. The first-order valence-electron chi connectivity index (χ1n) is 7.29. The average molecular weight is 314 g/mol. The van der Waals surface area contributed by atoms with Gasteiger partial charge in [0.1, 0.15) is 5.41 Å². The predicted molar refractivity (Wildman–Crippen MR) is 85.0 cm³/mol. The number of pyridine rings is 1. The van der Waals surface area contributed by atoms with Crippen LogP contribution in [-0.4, -0.2) is 22.5 Å². The van der Waals surface area contributed by atoms with Crippen molar-refractivity contribution in [3.05, 3.63) is 70.0 Å². The number of nitro benzene ring substituents is 1. The van der Waals surface area contributed by atoms with Crippen molar-refractivity contribution in [2.24, 2.45) is 0 Å². The molecular formula is C17H18N2O4. The number of carbonyl (C=O) groups excluding carboxylic acids is 1. The highest BCUT2D eigenvalue weighted by Gasteiger charge is 2.41. The zero-order valence-corrected chi connectivity index (χ0v) is 13.1. The molecule has 120 valence electrons. The second-order valence-corrected chi connectivity index (χ2v) is 5.36. The number of hydrogen-bond acceptors (Lipinski definition) is 5. The van der Waals surface area contributed by atoms with Crippen LogP contribution in [-0.2, 0) is 21.4 Å². The van der Waals surface area contributed by atoms with E-state index in [4.69, 9.17) is 4.74 Å². The fourth-order valence-corrected chi connectivity index (χ4v) is 2.58. The summed E-state index contributed by atoms with van der Waals surface area (Å²) in [5, 5.41) is 11.3. The maximum atomic E-state index is 12.6. The normalized spacial score (nSPS) is 13.1. The van der Waals surface area contributed by atoms with E-state index in [9.17, 15) is 14.9 Å². The van der Waals surface area contributed by atoms with Gasteiger partial charge in [0.25, 0.3) is 5.69 Å². The summed E-state index contributed by atoms with van der Waals surface area (Å²) in [6.45, 7) is 3.59. The quantitative estimate of drug-likeness (QED) is 0.465. The summed E-state index contributed by atoms with van der Waals surface area (Å²) in [6, 6.07) is 9.86. The molecule has 1 atom stereocenters. The van der Waals surface area contributed by atoms with Crippen molar-refractivity contribution in [2.75, 3.05) is 6.61 Å². The second kappa shape index (κ2) is 7.00. The van der Waals surface area contributed by atoms with Crippen molar-refractivity contribution in [1.82, 2.24) is 4.98 Å². The van der Waals surface area contributed by atoms with Crippen molar-refractivity contribution in [1.29, 1.82) is 0 Å². The lowest BCUT2D eigenvalue weighted by Crippen LogP contribution is -2.37. The molecule has 1 aromatic carbocycles. The monoisotopic (exact) mass is 314 g/mol. The van der Waals surface area contributed by atoms with Crippen LogP contribution in [0.15, 0.2) is 48.8 Å². The Morgan fingerprint density at radius 3 is 2.65 bits per heavy atom. The minimum Gasteiger partial charge on any atom is -0.465 e. The third-order valence-electron chi connectivity index (χ3n) is 3.70. The summed E-state index contributed by atoms with van der Waals surface area (Å²) in [5.74, 6) is -0.488. The Balaban J connectivity index is 2.54. The molecule has 23 heavy (non-hydrogen) atoms. The molecule has 2 rings (SSSR count). The van der Waals surface area contributed by atoms with E-state index in [1.54, 1.807) is 50.5 Å². The number of nitro groups is 1.